The molecule has 0 saturated heterocycles. The molecule has 0 unspecified atom stereocenters. The lowest BCUT2D eigenvalue weighted by Gasteiger charge is -2.22. The van der Waals surface area contributed by atoms with E-state index in [2.05, 4.69) is 0 Å². The Morgan fingerprint density at radius 2 is 1.46 bits per heavy atom. The first-order chi connectivity index (χ1) is 11.6. The maximum Gasteiger partial charge on any atom is 0.261 e. The first-order valence-corrected chi connectivity index (χ1v) is 7.94. The molecular formula is C19H18N2O3. The lowest BCUT2D eigenvalue weighted by molar-refractivity contribution is -0.118. The normalized spacial score (nSPS) is 13.1. The summed E-state index contributed by atoms with van der Waals surface area (Å²) in [5, 5.41) is 0. The van der Waals surface area contributed by atoms with Crippen molar-refractivity contribution < 1.29 is 14.4 Å². The van der Waals surface area contributed by atoms with Crippen LogP contribution in [0.2, 0.25) is 0 Å². The van der Waals surface area contributed by atoms with E-state index in [-0.39, 0.29) is 30.7 Å². The summed E-state index contributed by atoms with van der Waals surface area (Å²) in [6.07, 6.45) is 0.105. The van der Waals surface area contributed by atoms with Gasteiger partial charge in [-0.15, -0.1) is 0 Å². The largest absolute Gasteiger partial charge is 0.313 e. The average Bonchev–Trinajstić information content (AvgIpc) is 2.86. The molecule has 3 rings (SSSR count). The van der Waals surface area contributed by atoms with Gasteiger partial charge in [0.1, 0.15) is 0 Å². The fraction of sp³-hybridized carbons (Fsp3) is 0.211. The summed E-state index contributed by atoms with van der Waals surface area (Å²) in [5.41, 5.74) is 1.63. The van der Waals surface area contributed by atoms with Gasteiger partial charge in [0.2, 0.25) is 5.91 Å². The van der Waals surface area contributed by atoms with Crippen LogP contribution in [0.1, 0.15) is 34.1 Å². The van der Waals surface area contributed by atoms with Crippen LogP contribution in [0.4, 0.5) is 5.69 Å². The van der Waals surface area contributed by atoms with Crippen LogP contribution in [0.25, 0.3) is 0 Å². The number of carbonyl (C=O) groups excluding carboxylic acids is 3. The minimum atomic E-state index is -0.328. The van der Waals surface area contributed by atoms with Crippen LogP contribution in [0, 0.1) is 0 Å². The quantitative estimate of drug-likeness (QED) is 0.795. The second-order valence-electron chi connectivity index (χ2n) is 5.53. The van der Waals surface area contributed by atoms with E-state index in [1.54, 1.807) is 29.2 Å². The van der Waals surface area contributed by atoms with Crippen LogP contribution in [-0.4, -0.2) is 35.7 Å². The molecule has 0 N–H and O–H groups in total. The molecule has 0 fully saturated rings. The predicted octanol–water partition coefficient (Wildman–Crippen LogP) is 2.73. The van der Waals surface area contributed by atoms with Gasteiger partial charge in [-0.2, -0.15) is 0 Å². The maximum atomic E-state index is 12.5. The summed E-state index contributed by atoms with van der Waals surface area (Å²) in [6, 6.07) is 16.1. The molecule has 2 aromatic rings. The van der Waals surface area contributed by atoms with Gasteiger partial charge in [-0.3, -0.25) is 19.3 Å². The second kappa shape index (κ2) is 6.66. The Morgan fingerprint density at radius 1 is 0.917 bits per heavy atom. The SMILES string of the molecule is CCN(C(=O)CCN1C(=O)c2ccccc2C1=O)c1ccccc1. The van der Waals surface area contributed by atoms with Crippen molar-refractivity contribution in [1.82, 2.24) is 4.90 Å². The lowest BCUT2D eigenvalue weighted by Crippen LogP contribution is -2.36. The highest BCUT2D eigenvalue weighted by Gasteiger charge is 2.35. The Balaban J connectivity index is 1.69. The molecule has 5 nitrogen and oxygen atoms in total. The second-order valence-corrected chi connectivity index (χ2v) is 5.53. The molecule has 0 spiro atoms. The zero-order valence-electron chi connectivity index (χ0n) is 13.4. The highest BCUT2D eigenvalue weighted by Crippen LogP contribution is 2.23. The number of benzene rings is 2. The van der Waals surface area contributed by atoms with E-state index >= 15 is 0 Å². The number of anilines is 1. The molecule has 5 heteroatoms. The van der Waals surface area contributed by atoms with Gasteiger partial charge in [0.25, 0.3) is 11.8 Å². The zero-order valence-corrected chi connectivity index (χ0v) is 13.4. The molecule has 0 bridgehead atoms. The number of hydrogen-bond donors (Lipinski definition) is 0. The van der Waals surface area contributed by atoms with E-state index in [0.29, 0.717) is 17.7 Å². The number of amides is 3. The lowest BCUT2D eigenvalue weighted by atomic mass is 10.1. The molecule has 0 saturated carbocycles. The van der Waals surface area contributed by atoms with Gasteiger partial charge in [-0.05, 0) is 31.2 Å². The average molecular weight is 322 g/mol. The third kappa shape index (κ3) is 2.80. The third-order valence-electron chi connectivity index (χ3n) is 4.11. The Kier molecular flexibility index (Phi) is 4.42. The summed E-state index contributed by atoms with van der Waals surface area (Å²) in [4.78, 5) is 39.9. The molecule has 2 aromatic carbocycles. The standard InChI is InChI=1S/C19H18N2O3/c1-2-20(14-8-4-3-5-9-14)17(22)12-13-21-18(23)15-10-6-7-11-16(15)19(21)24/h3-11H,2,12-13H2,1H3. The summed E-state index contributed by atoms with van der Waals surface area (Å²) in [5.74, 6) is -0.766. The van der Waals surface area contributed by atoms with Gasteiger partial charge in [0, 0.05) is 25.2 Å². The van der Waals surface area contributed by atoms with E-state index in [4.69, 9.17) is 0 Å². The maximum absolute atomic E-state index is 12.5. The third-order valence-corrected chi connectivity index (χ3v) is 4.11. The minimum absolute atomic E-state index is 0.0918. The molecule has 0 aliphatic carbocycles. The summed E-state index contributed by atoms with van der Waals surface area (Å²) in [7, 11) is 0. The van der Waals surface area contributed by atoms with E-state index < -0.39 is 0 Å². The number of fused-ring (bicyclic) bond motifs is 1. The number of hydrogen-bond acceptors (Lipinski definition) is 3. The predicted molar refractivity (Wildman–Crippen MR) is 90.9 cm³/mol. The fourth-order valence-corrected chi connectivity index (χ4v) is 2.90. The molecule has 1 aliphatic rings. The van der Waals surface area contributed by atoms with Crippen molar-refractivity contribution in [3.05, 3.63) is 65.7 Å². The van der Waals surface area contributed by atoms with Crippen molar-refractivity contribution in [1.29, 1.82) is 0 Å². The molecule has 0 radical (unpaired) electrons. The van der Waals surface area contributed by atoms with Crippen molar-refractivity contribution in [3.63, 3.8) is 0 Å². The molecule has 1 heterocycles. The Morgan fingerprint density at radius 3 is 2.00 bits per heavy atom. The number of carbonyl (C=O) groups is 3. The smallest absolute Gasteiger partial charge is 0.261 e. The van der Waals surface area contributed by atoms with Gasteiger partial charge in [-0.1, -0.05) is 30.3 Å². The van der Waals surface area contributed by atoms with E-state index in [1.807, 2.05) is 37.3 Å². The van der Waals surface area contributed by atoms with E-state index in [9.17, 15) is 14.4 Å². The summed E-state index contributed by atoms with van der Waals surface area (Å²) in [6.45, 7) is 2.52. The van der Waals surface area contributed by atoms with Gasteiger partial charge in [0.15, 0.2) is 0 Å². The van der Waals surface area contributed by atoms with Crippen molar-refractivity contribution in [2.45, 2.75) is 13.3 Å². The van der Waals surface area contributed by atoms with E-state index in [0.717, 1.165) is 10.6 Å². The highest BCUT2D eigenvalue weighted by molar-refractivity contribution is 6.21. The first-order valence-electron chi connectivity index (χ1n) is 7.94. The van der Waals surface area contributed by atoms with Crippen LogP contribution in [0.15, 0.2) is 54.6 Å². The fourth-order valence-electron chi connectivity index (χ4n) is 2.90. The van der Waals surface area contributed by atoms with Crippen molar-refractivity contribution in [3.8, 4) is 0 Å². The van der Waals surface area contributed by atoms with Crippen LogP contribution < -0.4 is 4.90 Å². The molecule has 3 amide bonds. The Labute approximate surface area is 140 Å². The van der Waals surface area contributed by atoms with Crippen LogP contribution >= 0.6 is 0 Å². The number of nitrogens with zero attached hydrogens (tertiary/aromatic N) is 2. The summed E-state index contributed by atoms with van der Waals surface area (Å²) >= 11 is 0. The van der Waals surface area contributed by atoms with Crippen LogP contribution in [0.3, 0.4) is 0 Å². The molecule has 0 aromatic heterocycles. The molecular weight excluding hydrogens is 304 g/mol. The van der Waals surface area contributed by atoms with Crippen molar-refractivity contribution in [2.75, 3.05) is 18.0 Å². The zero-order chi connectivity index (χ0) is 17.1. The van der Waals surface area contributed by atoms with E-state index in [1.165, 1.54) is 0 Å². The summed E-state index contributed by atoms with van der Waals surface area (Å²) < 4.78 is 0. The van der Waals surface area contributed by atoms with Crippen LogP contribution in [0.5, 0.6) is 0 Å². The minimum Gasteiger partial charge on any atom is -0.313 e. The number of para-hydroxylation sites is 1. The molecule has 122 valence electrons. The van der Waals surface area contributed by atoms with Gasteiger partial charge < -0.3 is 4.90 Å². The number of rotatable bonds is 5. The molecule has 0 atom stereocenters. The molecule has 1 aliphatic heterocycles. The molecule has 24 heavy (non-hydrogen) atoms. The highest BCUT2D eigenvalue weighted by atomic mass is 16.2. The monoisotopic (exact) mass is 322 g/mol. The van der Waals surface area contributed by atoms with Crippen molar-refractivity contribution >= 4 is 23.4 Å². The van der Waals surface area contributed by atoms with Gasteiger partial charge in [0.05, 0.1) is 11.1 Å². The van der Waals surface area contributed by atoms with Crippen LogP contribution in [-0.2, 0) is 4.79 Å². The topological polar surface area (TPSA) is 57.7 Å². The first kappa shape index (κ1) is 15.9. The van der Waals surface area contributed by atoms with Gasteiger partial charge in [-0.25, -0.2) is 0 Å². The number of imide groups is 1. The van der Waals surface area contributed by atoms with Gasteiger partial charge >= 0.3 is 0 Å². The Hall–Kier alpha value is -2.95. The van der Waals surface area contributed by atoms with Crippen molar-refractivity contribution in [2.24, 2.45) is 0 Å². The Bertz CT molecular complexity index is 751.